The Hall–Kier alpha value is -4.97. The van der Waals surface area contributed by atoms with Gasteiger partial charge in [-0.15, -0.1) is 0 Å². The van der Waals surface area contributed by atoms with Gasteiger partial charge in [-0.25, -0.2) is 4.79 Å². The van der Waals surface area contributed by atoms with E-state index in [2.05, 4.69) is 20.9 Å². The van der Waals surface area contributed by atoms with E-state index in [9.17, 15) is 39.0 Å². The number of carbonyl (C=O) groups is 6. The molecule has 0 spiro atoms. The van der Waals surface area contributed by atoms with Crippen molar-refractivity contribution < 1.29 is 44.1 Å². The number of benzene rings is 1. The van der Waals surface area contributed by atoms with Gasteiger partial charge in [-0.2, -0.15) is 0 Å². The lowest BCUT2D eigenvalue weighted by Crippen LogP contribution is -2.57. The van der Waals surface area contributed by atoms with E-state index >= 15 is 0 Å². The van der Waals surface area contributed by atoms with Gasteiger partial charge in [0.15, 0.2) is 12.0 Å². The Kier molecular flexibility index (Phi) is 14.9. The molecule has 5 amide bonds. The molecule has 0 unspecified atom stereocenters. The highest BCUT2D eigenvalue weighted by atomic mass is 16.4. The smallest absolute Gasteiger partial charge is 0.328 e. The number of hydrogen-bond donors (Lipinski definition) is 11. The first kappa shape index (κ1) is 36.1. The fourth-order valence-electron chi connectivity index (χ4n) is 3.62. The van der Waals surface area contributed by atoms with E-state index in [1.807, 2.05) is 5.32 Å². The topological polar surface area (TPSA) is 328 Å². The number of guanidine groups is 1. The molecule has 43 heavy (non-hydrogen) atoms. The van der Waals surface area contributed by atoms with Crippen molar-refractivity contribution in [3.8, 4) is 5.75 Å². The highest BCUT2D eigenvalue weighted by Gasteiger charge is 2.31. The molecule has 18 nitrogen and oxygen atoms in total. The number of hydrogen-bond acceptors (Lipinski definition) is 10. The lowest BCUT2D eigenvalue weighted by atomic mass is 10.0. The third-order valence-electron chi connectivity index (χ3n) is 5.83. The molecule has 1 aromatic rings. The zero-order valence-electron chi connectivity index (χ0n) is 23.5. The van der Waals surface area contributed by atoms with Crippen molar-refractivity contribution in [3.63, 3.8) is 0 Å². The van der Waals surface area contributed by atoms with Crippen molar-refractivity contribution in [1.29, 1.82) is 0 Å². The Morgan fingerprint density at radius 3 is 2.07 bits per heavy atom. The maximum absolute atomic E-state index is 12.9. The van der Waals surface area contributed by atoms with Crippen LogP contribution in [0.3, 0.4) is 0 Å². The number of carboxylic acids is 1. The van der Waals surface area contributed by atoms with Crippen LogP contribution in [0.25, 0.3) is 0 Å². The van der Waals surface area contributed by atoms with E-state index in [-0.39, 0.29) is 37.5 Å². The van der Waals surface area contributed by atoms with Gasteiger partial charge >= 0.3 is 5.97 Å². The first-order valence-electron chi connectivity index (χ1n) is 13.1. The molecule has 0 bridgehead atoms. The normalized spacial score (nSPS) is 14.1. The van der Waals surface area contributed by atoms with E-state index in [4.69, 9.17) is 28.0 Å². The Balaban J connectivity index is 2.88. The number of carboxylic acid groups (broad SMARTS) is 1. The summed E-state index contributed by atoms with van der Waals surface area (Å²) in [7, 11) is 0. The average Bonchev–Trinajstić information content (AvgIpc) is 2.91. The van der Waals surface area contributed by atoms with Crippen LogP contribution in [0.4, 0.5) is 0 Å². The number of phenols is 1. The number of aliphatic hydroxyl groups excluding tert-OH is 1. The zero-order chi connectivity index (χ0) is 32.7. The first-order chi connectivity index (χ1) is 20.1. The lowest BCUT2D eigenvalue weighted by Gasteiger charge is -2.23. The zero-order valence-corrected chi connectivity index (χ0v) is 23.5. The maximum atomic E-state index is 12.9. The van der Waals surface area contributed by atoms with Crippen molar-refractivity contribution in [2.75, 3.05) is 13.1 Å². The summed E-state index contributed by atoms with van der Waals surface area (Å²) < 4.78 is 0. The molecule has 5 atom stereocenters. The standard InChI is InChI=1S/C25H39N9O9/c1-12(35)20(24(42)43)34-23(41)17(10-18(27)37)32-19(38)11-31-22(40)16(3-2-8-30-25(28)29)33-21(39)15(26)9-13-4-6-14(36)7-5-13/h4-7,12,15-17,20,35-36H,2-3,8-11,26H2,1H3,(H2,27,37)(H,31,40)(H,32,38)(H,33,39)(H,34,41)(H,42,43)(H4,28,29,30)/t12-,15-,16-,17-,20-/m1/s1. The number of nitrogens with one attached hydrogen (secondary N) is 4. The summed E-state index contributed by atoms with van der Waals surface area (Å²) in [6.07, 6.45) is -1.81. The van der Waals surface area contributed by atoms with Crippen LogP contribution in [-0.2, 0) is 35.2 Å². The second kappa shape index (κ2) is 17.8. The minimum absolute atomic E-state index is 0.0362. The summed E-state index contributed by atoms with van der Waals surface area (Å²) in [5, 5.41) is 37.1. The van der Waals surface area contributed by atoms with Gasteiger partial charge in [0.1, 0.15) is 17.8 Å². The molecule has 18 heteroatoms. The quantitative estimate of drug-likeness (QED) is 0.0424. The molecule has 1 rings (SSSR count). The number of aromatic hydroxyl groups is 1. The number of nitrogens with zero attached hydrogens (tertiary/aromatic N) is 1. The highest BCUT2D eigenvalue weighted by molar-refractivity contribution is 5.95. The van der Waals surface area contributed by atoms with Crippen LogP contribution in [0.1, 0.15) is 31.7 Å². The molecule has 0 aliphatic heterocycles. The van der Waals surface area contributed by atoms with E-state index < -0.39 is 78.7 Å². The Labute approximate surface area is 246 Å². The van der Waals surface area contributed by atoms with Crippen LogP contribution in [0, 0.1) is 0 Å². The van der Waals surface area contributed by atoms with Gasteiger partial charge in [0, 0.05) is 6.54 Å². The van der Waals surface area contributed by atoms with E-state index in [1.165, 1.54) is 12.1 Å². The monoisotopic (exact) mass is 609 g/mol. The minimum atomic E-state index is -1.73. The molecule has 238 valence electrons. The Morgan fingerprint density at radius 2 is 1.53 bits per heavy atom. The summed E-state index contributed by atoms with van der Waals surface area (Å²) >= 11 is 0. The van der Waals surface area contributed by atoms with Crippen molar-refractivity contribution in [3.05, 3.63) is 29.8 Å². The fraction of sp³-hybridized carbons (Fsp3) is 0.480. The molecule has 1 aromatic carbocycles. The molecule has 0 aromatic heterocycles. The Morgan fingerprint density at radius 1 is 0.907 bits per heavy atom. The molecule has 15 N–H and O–H groups in total. The second-order valence-corrected chi connectivity index (χ2v) is 9.56. The van der Waals surface area contributed by atoms with E-state index in [0.29, 0.717) is 5.56 Å². The number of aliphatic carboxylic acids is 1. The summed E-state index contributed by atoms with van der Waals surface area (Å²) in [5.41, 5.74) is 22.4. The summed E-state index contributed by atoms with van der Waals surface area (Å²) in [6.45, 7) is 0.540. The number of aliphatic hydroxyl groups is 1. The van der Waals surface area contributed by atoms with Crippen molar-refractivity contribution in [2.45, 2.75) is 62.9 Å². The third kappa shape index (κ3) is 14.0. The molecule has 0 aliphatic carbocycles. The van der Waals surface area contributed by atoms with E-state index in [0.717, 1.165) is 6.92 Å². The van der Waals surface area contributed by atoms with Crippen LogP contribution in [0.2, 0.25) is 0 Å². The predicted molar refractivity (Wildman–Crippen MR) is 152 cm³/mol. The van der Waals surface area contributed by atoms with E-state index in [1.54, 1.807) is 12.1 Å². The molecular weight excluding hydrogens is 570 g/mol. The van der Waals surface area contributed by atoms with Gasteiger partial charge in [0.2, 0.25) is 29.5 Å². The molecule has 0 aliphatic rings. The third-order valence-corrected chi connectivity index (χ3v) is 5.83. The maximum Gasteiger partial charge on any atom is 0.328 e. The van der Waals surface area contributed by atoms with Gasteiger partial charge in [-0.1, -0.05) is 12.1 Å². The first-order valence-corrected chi connectivity index (χ1v) is 13.1. The van der Waals surface area contributed by atoms with Crippen LogP contribution in [0.15, 0.2) is 29.3 Å². The number of phenolic OH excluding ortho intramolecular Hbond substituents is 1. The number of amides is 5. The molecule has 0 heterocycles. The molecule has 0 fully saturated rings. The van der Waals surface area contributed by atoms with Crippen LogP contribution in [0.5, 0.6) is 5.75 Å². The van der Waals surface area contributed by atoms with Crippen LogP contribution < -0.4 is 44.2 Å². The van der Waals surface area contributed by atoms with Gasteiger partial charge in [-0.3, -0.25) is 29.0 Å². The van der Waals surface area contributed by atoms with Crippen molar-refractivity contribution in [1.82, 2.24) is 21.3 Å². The largest absolute Gasteiger partial charge is 0.508 e. The van der Waals surface area contributed by atoms with Gasteiger partial charge < -0.3 is 59.5 Å². The number of rotatable bonds is 18. The second-order valence-electron chi connectivity index (χ2n) is 9.56. The SMILES string of the molecule is C[C@@H](O)[C@@H](NC(=O)[C@@H](CC(N)=O)NC(=O)CNC(=O)[C@@H](CCCN=C(N)N)NC(=O)[C@H](N)Cc1ccc(O)cc1)C(=O)O. The summed E-state index contributed by atoms with van der Waals surface area (Å²) in [4.78, 5) is 77.2. The lowest BCUT2D eigenvalue weighted by molar-refractivity contribution is -0.145. The average molecular weight is 610 g/mol. The minimum Gasteiger partial charge on any atom is -0.508 e. The van der Waals surface area contributed by atoms with Gasteiger partial charge in [0.05, 0.1) is 25.1 Å². The Bertz CT molecular complexity index is 1170. The number of nitrogens with two attached hydrogens (primary N) is 4. The van der Waals surface area contributed by atoms with Crippen LogP contribution in [-0.4, -0.2) is 100 Å². The van der Waals surface area contributed by atoms with Gasteiger partial charge in [-0.05, 0) is 43.9 Å². The number of carbonyl (C=O) groups excluding carboxylic acids is 5. The number of aliphatic imine (C=N–C) groups is 1. The molecular formula is C25H39N9O9. The molecule has 0 saturated carbocycles. The highest BCUT2D eigenvalue weighted by Crippen LogP contribution is 2.11. The predicted octanol–water partition coefficient (Wildman–Crippen LogP) is -4.77. The molecule has 0 radical (unpaired) electrons. The number of primary amides is 1. The van der Waals surface area contributed by atoms with Crippen molar-refractivity contribution >= 4 is 41.5 Å². The fourth-order valence-corrected chi connectivity index (χ4v) is 3.62. The van der Waals surface area contributed by atoms with Crippen molar-refractivity contribution in [2.24, 2.45) is 27.9 Å². The summed E-state index contributed by atoms with van der Waals surface area (Å²) in [5.74, 6) is -6.22. The van der Waals surface area contributed by atoms with Gasteiger partial charge in [0.25, 0.3) is 0 Å². The van der Waals surface area contributed by atoms with Crippen LogP contribution >= 0.6 is 0 Å². The molecule has 0 saturated heterocycles. The summed E-state index contributed by atoms with van der Waals surface area (Å²) in [6, 6.07) is 0.438.